The summed E-state index contributed by atoms with van der Waals surface area (Å²) in [5.41, 5.74) is 1.47. The van der Waals surface area contributed by atoms with Crippen LogP contribution >= 0.6 is 0 Å². The molecular formula is C26H30O5. The third-order valence-corrected chi connectivity index (χ3v) is 6.49. The molecule has 1 aliphatic heterocycles. The van der Waals surface area contributed by atoms with E-state index in [0.717, 1.165) is 30.4 Å². The molecule has 5 nitrogen and oxygen atoms in total. The fourth-order valence-electron chi connectivity index (χ4n) is 4.83. The average Bonchev–Trinajstić information content (AvgIpc) is 2.75. The summed E-state index contributed by atoms with van der Waals surface area (Å²) >= 11 is 0. The number of carbonyl (C=O) groups is 2. The van der Waals surface area contributed by atoms with Crippen molar-refractivity contribution in [1.29, 1.82) is 0 Å². The van der Waals surface area contributed by atoms with E-state index < -0.39 is 17.9 Å². The van der Waals surface area contributed by atoms with E-state index in [-0.39, 0.29) is 12.7 Å². The van der Waals surface area contributed by atoms with E-state index >= 15 is 0 Å². The van der Waals surface area contributed by atoms with Crippen molar-refractivity contribution < 1.29 is 23.8 Å². The molecule has 3 atom stereocenters. The maximum atomic E-state index is 13.1. The minimum absolute atomic E-state index is 0.112. The number of esters is 2. The summed E-state index contributed by atoms with van der Waals surface area (Å²) in [6.45, 7) is 6.15. The predicted molar refractivity (Wildman–Crippen MR) is 117 cm³/mol. The first-order chi connectivity index (χ1) is 14.9. The van der Waals surface area contributed by atoms with Gasteiger partial charge in [-0.15, -0.1) is 0 Å². The predicted octanol–water partition coefficient (Wildman–Crippen LogP) is 5.47. The average molecular weight is 423 g/mol. The molecule has 0 saturated heterocycles. The Morgan fingerprint density at radius 1 is 1.00 bits per heavy atom. The van der Waals surface area contributed by atoms with E-state index in [2.05, 4.69) is 20.8 Å². The van der Waals surface area contributed by atoms with Gasteiger partial charge in [-0.2, -0.15) is 0 Å². The van der Waals surface area contributed by atoms with Crippen molar-refractivity contribution in [3.63, 3.8) is 0 Å². The molecule has 31 heavy (non-hydrogen) atoms. The van der Waals surface area contributed by atoms with E-state index in [9.17, 15) is 9.59 Å². The molecule has 0 bridgehead atoms. The second-order valence-electron chi connectivity index (χ2n) is 9.07. The highest BCUT2D eigenvalue weighted by Gasteiger charge is 2.36. The van der Waals surface area contributed by atoms with E-state index in [0.29, 0.717) is 29.3 Å². The van der Waals surface area contributed by atoms with Crippen LogP contribution < -0.4 is 4.74 Å². The molecule has 1 heterocycles. The van der Waals surface area contributed by atoms with Crippen LogP contribution in [0.2, 0.25) is 0 Å². The Morgan fingerprint density at radius 3 is 2.23 bits per heavy atom. The summed E-state index contributed by atoms with van der Waals surface area (Å²) in [4.78, 5) is 25.6. The zero-order chi connectivity index (χ0) is 22.0. The van der Waals surface area contributed by atoms with Gasteiger partial charge in [0.2, 0.25) is 0 Å². The Morgan fingerprint density at radius 2 is 1.61 bits per heavy atom. The fraction of sp³-hybridized carbons (Fsp3) is 0.462. The number of hydrogen-bond acceptors (Lipinski definition) is 5. The van der Waals surface area contributed by atoms with Crippen LogP contribution in [-0.4, -0.2) is 24.6 Å². The van der Waals surface area contributed by atoms with Crippen molar-refractivity contribution in [2.45, 2.75) is 52.1 Å². The highest BCUT2D eigenvalue weighted by atomic mass is 16.6. The maximum Gasteiger partial charge on any atom is 0.344 e. The summed E-state index contributed by atoms with van der Waals surface area (Å²) in [5.74, 6) is 0.999. The molecule has 2 aromatic rings. The SMILES string of the molecule is CC(C)[C@@H]1CC[C@@H](C)C[C@H]1OC(=O)COC(=O)C1c2ccccc2Oc2ccccc21. The highest BCUT2D eigenvalue weighted by Crippen LogP contribution is 2.44. The van der Waals surface area contributed by atoms with Crippen molar-refractivity contribution in [3.8, 4) is 11.5 Å². The van der Waals surface area contributed by atoms with Gasteiger partial charge in [-0.25, -0.2) is 4.79 Å². The van der Waals surface area contributed by atoms with Gasteiger partial charge in [0.05, 0.1) is 0 Å². The summed E-state index contributed by atoms with van der Waals surface area (Å²) < 4.78 is 17.2. The lowest BCUT2D eigenvalue weighted by molar-refractivity contribution is -0.167. The van der Waals surface area contributed by atoms with Gasteiger partial charge >= 0.3 is 11.9 Å². The number of rotatable bonds is 5. The number of hydrogen-bond donors (Lipinski definition) is 0. The lowest BCUT2D eigenvalue weighted by atomic mass is 9.75. The Kier molecular flexibility index (Phi) is 6.30. The van der Waals surface area contributed by atoms with Gasteiger partial charge in [0.15, 0.2) is 6.61 Å². The summed E-state index contributed by atoms with van der Waals surface area (Å²) in [6.07, 6.45) is 2.98. The van der Waals surface area contributed by atoms with Crippen molar-refractivity contribution >= 4 is 11.9 Å². The lowest BCUT2D eigenvalue weighted by Crippen LogP contribution is -2.37. The quantitative estimate of drug-likeness (QED) is 0.598. The van der Waals surface area contributed by atoms with Crippen LogP contribution in [0.3, 0.4) is 0 Å². The molecule has 0 amide bonds. The van der Waals surface area contributed by atoms with Crippen LogP contribution in [0.4, 0.5) is 0 Å². The molecule has 5 heteroatoms. The number of carbonyl (C=O) groups excluding carboxylic acids is 2. The third kappa shape index (κ3) is 4.60. The smallest absolute Gasteiger partial charge is 0.344 e. The lowest BCUT2D eigenvalue weighted by Gasteiger charge is -2.36. The van der Waals surface area contributed by atoms with Gasteiger partial charge in [-0.05, 0) is 42.7 Å². The minimum atomic E-state index is -0.632. The fourth-order valence-corrected chi connectivity index (χ4v) is 4.83. The van der Waals surface area contributed by atoms with Crippen molar-refractivity contribution in [1.82, 2.24) is 0 Å². The van der Waals surface area contributed by atoms with Crippen LogP contribution in [0.1, 0.15) is 57.1 Å². The first kappa shape index (κ1) is 21.4. The largest absolute Gasteiger partial charge is 0.460 e. The Balaban J connectivity index is 1.44. The van der Waals surface area contributed by atoms with Gasteiger partial charge in [-0.1, -0.05) is 63.6 Å². The molecule has 1 aliphatic carbocycles. The molecule has 164 valence electrons. The molecule has 1 saturated carbocycles. The normalized spacial score (nSPS) is 22.8. The molecule has 0 unspecified atom stereocenters. The molecule has 4 rings (SSSR count). The van der Waals surface area contributed by atoms with Gasteiger partial charge in [0.25, 0.3) is 0 Å². The molecular weight excluding hydrogens is 392 g/mol. The van der Waals surface area contributed by atoms with E-state index in [1.165, 1.54) is 0 Å². The number of benzene rings is 2. The number of ether oxygens (including phenoxy) is 3. The summed E-state index contributed by atoms with van der Waals surface area (Å²) in [5, 5.41) is 0. The molecule has 2 aliphatic rings. The molecule has 0 N–H and O–H groups in total. The first-order valence-electron chi connectivity index (χ1n) is 11.2. The Bertz CT molecular complexity index is 905. The Hall–Kier alpha value is -2.82. The minimum Gasteiger partial charge on any atom is -0.460 e. The van der Waals surface area contributed by atoms with E-state index in [1.807, 2.05) is 48.5 Å². The van der Waals surface area contributed by atoms with Crippen molar-refractivity contribution in [2.24, 2.45) is 17.8 Å². The van der Waals surface area contributed by atoms with Gasteiger partial charge in [-0.3, -0.25) is 4.79 Å². The van der Waals surface area contributed by atoms with E-state index in [4.69, 9.17) is 14.2 Å². The van der Waals surface area contributed by atoms with Crippen LogP contribution in [0.5, 0.6) is 11.5 Å². The second-order valence-corrected chi connectivity index (χ2v) is 9.07. The van der Waals surface area contributed by atoms with Crippen molar-refractivity contribution in [3.05, 3.63) is 59.7 Å². The second kappa shape index (κ2) is 9.13. The standard InChI is InChI=1S/C26H30O5/c1-16(2)18-13-12-17(3)14-23(18)31-24(27)15-29-26(28)25-19-8-4-6-10-21(19)30-22-11-7-5-9-20(22)25/h4-11,16-18,23,25H,12-15H2,1-3H3/t17-,18+,23-/m1/s1. The van der Waals surface area contributed by atoms with Gasteiger partial charge < -0.3 is 14.2 Å². The first-order valence-corrected chi connectivity index (χ1v) is 11.2. The molecule has 2 aromatic carbocycles. The van der Waals surface area contributed by atoms with Gasteiger partial charge in [0, 0.05) is 11.1 Å². The third-order valence-electron chi connectivity index (χ3n) is 6.49. The van der Waals surface area contributed by atoms with Gasteiger partial charge in [0.1, 0.15) is 23.5 Å². The van der Waals surface area contributed by atoms with Crippen LogP contribution in [0, 0.1) is 17.8 Å². The topological polar surface area (TPSA) is 61.8 Å². The molecule has 0 radical (unpaired) electrons. The zero-order valence-corrected chi connectivity index (χ0v) is 18.4. The van der Waals surface area contributed by atoms with Crippen LogP contribution in [0.25, 0.3) is 0 Å². The van der Waals surface area contributed by atoms with E-state index in [1.54, 1.807) is 0 Å². The summed E-state index contributed by atoms with van der Waals surface area (Å²) in [7, 11) is 0. The molecule has 1 fully saturated rings. The Labute approximate surface area is 183 Å². The number of para-hydroxylation sites is 2. The number of fused-ring (bicyclic) bond motifs is 2. The van der Waals surface area contributed by atoms with Crippen LogP contribution in [-0.2, 0) is 19.1 Å². The maximum absolute atomic E-state index is 13.1. The monoisotopic (exact) mass is 422 g/mol. The molecule has 0 spiro atoms. The summed E-state index contributed by atoms with van der Waals surface area (Å²) in [6, 6.07) is 14.8. The van der Waals surface area contributed by atoms with Crippen LogP contribution in [0.15, 0.2) is 48.5 Å². The van der Waals surface area contributed by atoms with Crippen molar-refractivity contribution in [2.75, 3.05) is 6.61 Å². The zero-order valence-electron chi connectivity index (χ0n) is 18.4. The highest BCUT2D eigenvalue weighted by molar-refractivity contribution is 5.87. The molecule has 0 aromatic heterocycles.